The van der Waals surface area contributed by atoms with E-state index in [2.05, 4.69) is 0 Å². The summed E-state index contributed by atoms with van der Waals surface area (Å²) in [6.45, 7) is 2.86. The van der Waals surface area contributed by atoms with Crippen molar-refractivity contribution < 1.29 is 18.9 Å². The maximum atomic E-state index is 6.50. The number of hydrogen-bond acceptors (Lipinski definition) is 5. The van der Waals surface area contributed by atoms with E-state index in [4.69, 9.17) is 24.7 Å². The van der Waals surface area contributed by atoms with E-state index in [1.54, 1.807) is 0 Å². The van der Waals surface area contributed by atoms with Crippen LogP contribution in [0.15, 0.2) is 24.3 Å². The Morgan fingerprint density at radius 1 is 1.05 bits per heavy atom. The number of epoxide rings is 3. The van der Waals surface area contributed by atoms with Crippen LogP contribution in [-0.4, -0.2) is 44.7 Å². The van der Waals surface area contributed by atoms with Crippen molar-refractivity contribution >= 4 is 0 Å². The normalized spacial score (nSPS) is 34.5. The Balaban J connectivity index is 1.50. The number of hydrogen-bond donors (Lipinski definition) is 1. The topological polar surface area (TPSA) is 72.8 Å². The molecule has 102 valence electrons. The van der Waals surface area contributed by atoms with Gasteiger partial charge in [-0.1, -0.05) is 12.1 Å². The molecule has 0 aromatic heterocycles. The Morgan fingerprint density at radius 3 is 2.11 bits per heavy atom. The van der Waals surface area contributed by atoms with Gasteiger partial charge in [0, 0.05) is 0 Å². The Labute approximate surface area is 111 Å². The van der Waals surface area contributed by atoms with Crippen LogP contribution < -0.4 is 10.5 Å². The summed E-state index contributed by atoms with van der Waals surface area (Å²) in [5.74, 6) is 0.843. The predicted octanol–water partition coefficient (Wildman–Crippen LogP) is 0.416. The summed E-state index contributed by atoms with van der Waals surface area (Å²) >= 11 is 0. The van der Waals surface area contributed by atoms with Crippen LogP contribution >= 0.6 is 0 Å². The van der Waals surface area contributed by atoms with Gasteiger partial charge in [-0.05, 0) is 17.7 Å². The highest BCUT2D eigenvalue weighted by atomic mass is 16.6. The molecule has 1 aromatic carbocycles. The third-order valence-corrected chi connectivity index (χ3v) is 3.92. The average molecular weight is 263 g/mol. The second kappa shape index (κ2) is 4.18. The lowest BCUT2D eigenvalue weighted by Gasteiger charge is -2.26. The monoisotopic (exact) mass is 263 g/mol. The van der Waals surface area contributed by atoms with E-state index in [1.807, 2.05) is 24.3 Å². The van der Waals surface area contributed by atoms with Gasteiger partial charge < -0.3 is 24.7 Å². The average Bonchev–Trinajstić information content (AvgIpc) is 3.33. The Bertz CT molecular complexity index is 451. The molecule has 2 N–H and O–H groups in total. The SMILES string of the molecule is NC(c1ccc(OCC2CO2)cc1)(C1CO1)C1CO1. The van der Waals surface area contributed by atoms with Crippen LogP contribution in [0.25, 0.3) is 0 Å². The second-order valence-electron chi connectivity index (χ2n) is 5.37. The zero-order chi connectivity index (χ0) is 12.9. The molecule has 0 bridgehead atoms. The first-order chi connectivity index (χ1) is 9.27. The highest BCUT2D eigenvalue weighted by Crippen LogP contribution is 2.41. The zero-order valence-corrected chi connectivity index (χ0v) is 10.6. The predicted molar refractivity (Wildman–Crippen MR) is 67.0 cm³/mol. The Morgan fingerprint density at radius 2 is 1.63 bits per heavy atom. The molecule has 0 amide bonds. The first-order valence-corrected chi connectivity index (χ1v) is 6.64. The molecule has 1 aromatic rings. The number of ether oxygens (including phenoxy) is 4. The van der Waals surface area contributed by atoms with Crippen molar-refractivity contribution in [1.29, 1.82) is 0 Å². The minimum absolute atomic E-state index is 0.0756. The van der Waals surface area contributed by atoms with Crippen LogP contribution in [0.1, 0.15) is 5.56 Å². The molecule has 3 saturated heterocycles. The fourth-order valence-electron chi connectivity index (χ4n) is 2.42. The fraction of sp³-hybridized carbons (Fsp3) is 0.571. The summed E-state index contributed by atoms with van der Waals surface area (Å²) in [5, 5.41) is 0. The fourth-order valence-corrected chi connectivity index (χ4v) is 2.42. The van der Waals surface area contributed by atoms with E-state index < -0.39 is 5.54 Å². The van der Waals surface area contributed by atoms with Gasteiger partial charge in [0.2, 0.25) is 0 Å². The smallest absolute Gasteiger partial charge is 0.119 e. The number of benzene rings is 1. The lowest BCUT2D eigenvalue weighted by Crippen LogP contribution is -2.47. The molecule has 3 aliphatic heterocycles. The molecule has 3 unspecified atom stereocenters. The summed E-state index contributed by atoms with van der Waals surface area (Å²) in [5.41, 5.74) is 7.03. The lowest BCUT2D eigenvalue weighted by atomic mass is 9.85. The lowest BCUT2D eigenvalue weighted by molar-refractivity contribution is 0.224. The third-order valence-electron chi connectivity index (χ3n) is 3.92. The zero-order valence-electron chi connectivity index (χ0n) is 10.6. The maximum absolute atomic E-state index is 6.50. The van der Waals surface area contributed by atoms with Gasteiger partial charge in [-0.2, -0.15) is 0 Å². The van der Waals surface area contributed by atoms with Crippen LogP contribution in [-0.2, 0) is 19.7 Å². The van der Waals surface area contributed by atoms with Crippen LogP contribution in [0.5, 0.6) is 5.75 Å². The van der Waals surface area contributed by atoms with E-state index >= 15 is 0 Å². The highest BCUT2D eigenvalue weighted by Gasteiger charge is 2.55. The van der Waals surface area contributed by atoms with Gasteiger partial charge in [0.15, 0.2) is 0 Å². The number of rotatable bonds is 6. The minimum atomic E-state index is -0.516. The van der Waals surface area contributed by atoms with E-state index in [0.717, 1.165) is 17.9 Å². The molecule has 4 rings (SSSR count). The van der Waals surface area contributed by atoms with Crippen molar-refractivity contribution in [1.82, 2.24) is 0 Å². The van der Waals surface area contributed by atoms with Gasteiger partial charge in [0.25, 0.3) is 0 Å². The van der Waals surface area contributed by atoms with Crippen LogP contribution in [0.2, 0.25) is 0 Å². The van der Waals surface area contributed by atoms with Gasteiger partial charge in [0.05, 0.1) is 25.4 Å². The molecule has 0 spiro atoms. The maximum Gasteiger partial charge on any atom is 0.119 e. The quantitative estimate of drug-likeness (QED) is 0.753. The van der Waals surface area contributed by atoms with Gasteiger partial charge in [-0.25, -0.2) is 0 Å². The second-order valence-corrected chi connectivity index (χ2v) is 5.37. The molecule has 0 aliphatic carbocycles. The van der Waals surface area contributed by atoms with Gasteiger partial charge in [-0.15, -0.1) is 0 Å². The molecule has 3 aliphatic rings. The molecule has 0 saturated carbocycles. The first kappa shape index (κ1) is 11.7. The molecular weight excluding hydrogens is 246 g/mol. The molecular formula is C14H17NO4. The summed E-state index contributed by atoms with van der Waals surface area (Å²) in [6, 6.07) is 7.91. The summed E-state index contributed by atoms with van der Waals surface area (Å²) in [4.78, 5) is 0. The largest absolute Gasteiger partial charge is 0.491 e. The molecule has 3 heterocycles. The van der Waals surface area contributed by atoms with Crippen LogP contribution in [0.4, 0.5) is 0 Å². The van der Waals surface area contributed by atoms with Gasteiger partial charge in [0.1, 0.15) is 30.7 Å². The Hall–Kier alpha value is -1.14. The van der Waals surface area contributed by atoms with E-state index in [0.29, 0.717) is 19.8 Å². The van der Waals surface area contributed by atoms with Crippen LogP contribution in [0.3, 0.4) is 0 Å². The van der Waals surface area contributed by atoms with Crippen molar-refractivity contribution in [2.75, 3.05) is 26.4 Å². The van der Waals surface area contributed by atoms with Crippen molar-refractivity contribution in [2.45, 2.75) is 23.9 Å². The molecule has 19 heavy (non-hydrogen) atoms. The van der Waals surface area contributed by atoms with Crippen molar-refractivity contribution in [3.05, 3.63) is 29.8 Å². The summed E-state index contributed by atoms with van der Waals surface area (Å²) in [7, 11) is 0. The first-order valence-electron chi connectivity index (χ1n) is 6.64. The van der Waals surface area contributed by atoms with Crippen LogP contribution in [0, 0.1) is 0 Å². The minimum Gasteiger partial charge on any atom is -0.491 e. The molecule has 0 radical (unpaired) electrons. The van der Waals surface area contributed by atoms with Crippen molar-refractivity contribution in [2.24, 2.45) is 5.73 Å². The van der Waals surface area contributed by atoms with Crippen molar-refractivity contribution in [3.8, 4) is 5.75 Å². The molecule has 5 heteroatoms. The van der Waals surface area contributed by atoms with E-state index in [9.17, 15) is 0 Å². The number of nitrogens with two attached hydrogens (primary N) is 1. The molecule has 3 fully saturated rings. The highest BCUT2D eigenvalue weighted by molar-refractivity contribution is 5.35. The summed E-state index contributed by atoms with van der Waals surface area (Å²) in [6.07, 6.45) is 0.422. The molecule has 5 nitrogen and oxygen atoms in total. The standard InChI is InChI=1S/C14H17NO4/c15-14(12-7-18-12,13-8-19-13)9-1-3-10(4-2-9)16-5-11-6-17-11/h1-4,11-13H,5-8,15H2. The van der Waals surface area contributed by atoms with Crippen molar-refractivity contribution in [3.63, 3.8) is 0 Å². The van der Waals surface area contributed by atoms with Gasteiger partial charge in [-0.3, -0.25) is 0 Å². The summed E-state index contributed by atoms with van der Waals surface area (Å²) < 4.78 is 21.5. The Kier molecular flexibility index (Phi) is 2.57. The molecule has 3 atom stereocenters. The third kappa shape index (κ3) is 2.23. The van der Waals surface area contributed by atoms with E-state index in [1.165, 1.54) is 0 Å². The van der Waals surface area contributed by atoms with E-state index in [-0.39, 0.29) is 18.3 Å². The van der Waals surface area contributed by atoms with Gasteiger partial charge >= 0.3 is 0 Å².